The van der Waals surface area contributed by atoms with Crippen molar-refractivity contribution in [1.29, 1.82) is 0 Å². The highest BCUT2D eigenvalue weighted by atomic mass is 16.5. The maximum Gasteiger partial charge on any atom is 0.251 e. The molecule has 27 heavy (non-hydrogen) atoms. The Labute approximate surface area is 159 Å². The van der Waals surface area contributed by atoms with Crippen molar-refractivity contribution in [3.8, 4) is 11.1 Å². The Kier molecular flexibility index (Phi) is 4.81. The van der Waals surface area contributed by atoms with Gasteiger partial charge in [-0.25, -0.2) is 0 Å². The normalized spacial score (nSPS) is 17.3. The van der Waals surface area contributed by atoms with Gasteiger partial charge in [0.1, 0.15) is 13.1 Å². The molecule has 0 aromatic heterocycles. The molecule has 1 aliphatic carbocycles. The maximum atomic E-state index is 12.6. The van der Waals surface area contributed by atoms with Crippen molar-refractivity contribution in [3.63, 3.8) is 0 Å². The molecular formula is C22H25N2O3+. The number of quaternary nitrogens is 1. The molecule has 2 aromatic rings. The molecule has 0 spiro atoms. The number of carbonyl (C=O) groups is 2. The second kappa shape index (κ2) is 7.25. The van der Waals surface area contributed by atoms with Gasteiger partial charge in [0.2, 0.25) is 0 Å². The molecule has 0 bridgehead atoms. The summed E-state index contributed by atoms with van der Waals surface area (Å²) < 4.78 is 6.42. The van der Waals surface area contributed by atoms with Crippen LogP contribution in [0.3, 0.4) is 0 Å². The van der Waals surface area contributed by atoms with Gasteiger partial charge in [0.25, 0.3) is 5.91 Å². The molecule has 2 aromatic carbocycles. The second-order valence-electron chi connectivity index (χ2n) is 7.65. The summed E-state index contributed by atoms with van der Waals surface area (Å²) in [6.07, 6.45) is 0.928. The van der Waals surface area contributed by atoms with Gasteiger partial charge in [-0.1, -0.05) is 30.3 Å². The first-order valence-electron chi connectivity index (χ1n) is 9.55. The van der Waals surface area contributed by atoms with Crippen molar-refractivity contribution >= 4 is 11.7 Å². The van der Waals surface area contributed by atoms with Crippen LogP contribution in [0.25, 0.3) is 11.1 Å². The van der Waals surface area contributed by atoms with E-state index >= 15 is 0 Å². The fourth-order valence-corrected chi connectivity index (χ4v) is 3.94. The molecule has 0 saturated carbocycles. The van der Waals surface area contributed by atoms with Gasteiger partial charge in [0.05, 0.1) is 26.8 Å². The highest BCUT2D eigenvalue weighted by molar-refractivity contribution is 6.22. The van der Waals surface area contributed by atoms with Crippen LogP contribution in [-0.2, 0) is 4.74 Å². The molecule has 1 aliphatic heterocycles. The van der Waals surface area contributed by atoms with Crippen molar-refractivity contribution in [2.24, 2.45) is 0 Å². The zero-order valence-electron chi connectivity index (χ0n) is 15.7. The summed E-state index contributed by atoms with van der Waals surface area (Å²) in [6.45, 7) is 5.35. The number of carbonyl (C=O) groups excluding carboxylic acids is 2. The molecule has 1 heterocycles. The lowest BCUT2D eigenvalue weighted by molar-refractivity contribution is -0.916. The predicted octanol–water partition coefficient (Wildman–Crippen LogP) is 2.49. The molecule has 0 radical (unpaired) electrons. The van der Waals surface area contributed by atoms with Crippen LogP contribution in [0.4, 0.5) is 0 Å². The van der Waals surface area contributed by atoms with Gasteiger partial charge in [-0.2, -0.15) is 0 Å². The van der Waals surface area contributed by atoms with Crippen LogP contribution in [-0.4, -0.2) is 62.6 Å². The lowest BCUT2D eigenvalue weighted by atomic mass is 10.0. The zero-order valence-corrected chi connectivity index (χ0v) is 15.7. The van der Waals surface area contributed by atoms with Crippen molar-refractivity contribution in [2.45, 2.75) is 6.42 Å². The van der Waals surface area contributed by atoms with Gasteiger partial charge < -0.3 is 14.5 Å². The first-order valence-corrected chi connectivity index (χ1v) is 9.55. The number of hydrogen-bond donors (Lipinski definition) is 1. The van der Waals surface area contributed by atoms with Crippen LogP contribution in [0.2, 0.25) is 0 Å². The Morgan fingerprint density at radius 3 is 2.52 bits per heavy atom. The number of benzene rings is 2. The van der Waals surface area contributed by atoms with Gasteiger partial charge >= 0.3 is 0 Å². The average molecular weight is 365 g/mol. The van der Waals surface area contributed by atoms with Crippen LogP contribution in [0.15, 0.2) is 42.5 Å². The van der Waals surface area contributed by atoms with E-state index in [1.54, 1.807) is 12.1 Å². The van der Waals surface area contributed by atoms with Crippen LogP contribution < -0.4 is 5.32 Å². The Hall–Kier alpha value is -2.50. The Balaban J connectivity index is 1.37. The highest BCUT2D eigenvalue weighted by Gasteiger charge is 2.27. The summed E-state index contributed by atoms with van der Waals surface area (Å²) in [4.78, 5) is 25.1. The number of likely N-dealkylation sites (N-methyl/N-ethyl adjacent to an activating group) is 1. The number of amides is 1. The fourth-order valence-electron chi connectivity index (χ4n) is 3.94. The first-order chi connectivity index (χ1) is 13.1. The highest BCUT2D eigenvalue weighted by Crippen LogP contribution is 2.36. The number of rotatable bonds is 5. The van der Waals surface area contributed by atoms with E-state index < -0.39 is 0 Å². The van der Waals surface area contributed by atoms with Crippen molar-refractivity contribution in [3.05, 3.63) is 59.2 Å². The molecule has 2 aliphatic rings. The van der Waals surface area contributed by atoms with E-state index in [-0.39, 0.29) is 11.7 Å². The average Bonchev–Trinajstić information content (AvgIpc) is 2.98. The molecule has 0 unspecified atom stereocenters. The van der Waals surface area contributed by atoms with Gasteiger partial charge in [-0.15, -0.1) is 0 Å². The number of ketones is 1. The van der Waals surface area contributed by atoms with E-state index in [0.717, 1.165) is 54.9 Å². The minimum atomic E-state index is -0.119. The molecular weight excluding hydrogens is 340 g/mol. The Bertz CT molecular complexity index is 885. The van der Waals surface area contributed by atoms with Crippen molar-refractivity contribution < 1.29 is 18.8 Å². The molecule has 1 N–H and O–H groups in total. The quantitative estimate of drug-likeness (QED) is 0.558. The number of nitrogens with zero attached hydrogens (tertiary/aromatic N) is 1. The van der Waals surface area contributed by atoms with Crippen molar-refractivity contribution in [1.82, 2.24) is 5.32 Å². The first kappa shape index (κ1) is 17.9. The van der Waals surface area contributed by atoms with E-state index in [2.05, 4.69) is 12.4 Å². The number of nitrogens with one attached hydrogen (secondary N) is 1. The molecule has 1 saturated heterocycles. The van der Waals surface area contributed by atoms with Crippen LogP contribution in [0.1, 0.15) is 32.7 Å². The van der Waals surface area contributed by atoms with Gasteiger partial charge in [-0.05, 0) is 23.3 Å². The van der Waals surface area contributed by atoms with Gasteiger partial charge in [-0.3, -0.25) is 9.59 Å². The predicted molar refractivity (Wildman–Crippen MR) is 104 cm³/mol. The minimum Gasteiger partial charge on any atom is -0.370 e. The van der Waals surface area contributed by atoms with Crippen LogP contribution in [0, 0.1) is 0 Å². The summed E-state index contributed by atoms with van der Waals surface area (Å²) >= 11 is 0. The second-order valence-corrected chi connectivity index (χ2v) is 7.65. The third-order valence-corrected chi connectivity index (χ3v) is 5.70. The minimum absolute atomic E-state index is 0.00000721. The topological polar surface area (TPSA) is 55.4 Å². The molecule has 5 nitrogen and oxygen atoms in total. The maximum absolute atomic E-state index is 12.6. The van der Waals surface area contributed by atoms with Gasteiger partial charge in [0, 0.05) is 29.7 Å². The smallest absolute Gasteiger partial charge is 0.251 e. The summed E-state index contributed by atoms with van der Waals surface area (Å²) in [5.41, 5.74) is 3.74. The molecule has 4 rings (SSSR count). The zero-order chi connectivity index (χ0) is 18.9. The van der Waals surface area contributed by atoms with Gasteiger partial charge in [0.15, 0.2) is 5.78 Å². The van der Waals surface area contributed by atoms with E-state index in [0.29, 0.717) is 23.2 Å². The summed E-state index contributed by atoms with van der Waals surface area (Å²) in [7, 11) is 2.24. The number of hydrogen-bond acceptors (Lipinski definition) is 3. The fraction of sp³-hybridized carbons (Fsp3) is 0.364. The number of fused-ring (bicyclic) bond motifs is 3. The van der Waals surface area contributed by atoms with E-state index in [4.69, 9.17) is 4.74 Å². The Morgan fingerprint density at radius 1 is 1.04 bits per heavy atom. The largest absolute Gasteiger partial charge is 0.370 e. The summed E-state index contributed by atoms with van der Waals surface area (Å²) in [5, 5.41) is 2.99. The molecule has 1 fully saturated rings. The third kappa shape index (κ3) is 3.53. The molecule has 0 atom stereocenters. The molecule has 5 heteroatoms. The van der Waals surface area contributed by atoms with E-state index in [1.807, 2.05) is 30.3 Å². The van der Waals surface area contributed by atoms with Crippen LogP contribution >= 0.6 is 0 Å². The summed E-state index contributed by atoms with van der Waals surface area (Å²) in [5.74, 6) is -0.119. The lowest BCUT2D eigenvalue weighted by Gasteiger charge is -2.37. The molecule has 1 amide bonds. The van der Waals surface area contributed by atoms with Crippen molar-refractivity contribution in [2.75, 3.05) is 46.4 Å². The van der Waals surface area contributed by atoms with Crippen LogP contribution in [0.5, 0.6) is 0 Å². The summed E-state index contributed by atoms with van der Waals surface area (Å²) in [6, 6.07) is 13.0. The SMILES string of the molecule is C[N+]1(CCCNC(=O)c2ccc3c(c2)C(=O)c2ccccc2-3)CCOCC1. The van der Waals surface area contributed by atoms with E-state index in [1.165, 1.54) is 0 Å². The molecule has 140 valence electrons. The Morgan fingerprint density at radius 2 is 1.74 bits per heavy atom. The number of morpholine rings is 1. The third-order valence-electron chi connectivity index (χ3n) is 5.70. The van der Waals surface area contributed by atoms with E-state index in [9.17, 15) is 9.59 Å². The number of ether oxygens (including phenoxy) is 1. The standard InChI is InChI=1S/C22H24N2O3/c1-24(11-13-27-14-12-24)10-4-9-23-22(26)16-7-8-18-17-5-2-3-6-19(17)21(25)20(18)15-16/h2-3,5-8,15H,4,9-14H2,1H3/p+1. The monoisotopic (exact) mass is 365 g/mol. The lowest BCUT2D eigenvalue weighted by Crippen LogP contribution is -2.52.